The van der Waals surface area contributed by atoms with E-state index in [1.165, 1.54) is 18.4 Å². The first-order valence-corrected chi connectivity index (χ1v) is 7.29. The summed E-state index contributed by atoms with van der Waals surface area (Å²) in [5.41, 5.74) is 1.18. The Hall–Kier alpha value is -1.42. The van der Waals surface area contributed by atoms with Gasteiger partial charge in [0.05, 0.1) is 20.3 Å². The van der Waals surface area contributed by atoms with Gasteiger partial charge in [-0.05, 0) is 51.3 Å². The minimum Gasteiger partial charge on any atom is -0.493 e. The van der Waals surface area contributed by atoms with E-state index in [-0.39, 0.29) is 6.10 Å². The van der Waals surface area contributed by atoms with Crippen molar-refractivity contribution in [2.24, 2.45) is 0 Å². The number of ether oxygens (including phenoxy) is 3. The molecule has 0 bridgehead atoms. The zero-order valence-electron chi connectivity index (χ0n) is 12.9. The summed E-state index contributed by atoms with van der Waals surface area (Å²) >= 11 is 0. The maximum absolute atomic E-state index is 5.99. The summed E-state index contributed by atoms with van der Waals surface area (Å²) in [6, 6.07) is 4.57. The first kappa shape index (κ1) is 15.0. The summed E-state index contributed by atoms with van der Waals surface area (Å²) < 4.78 is 16.9. The largest absolute Gasteiger partial charge is 0.493 e. The number of hydrogen-bond donors (Lipinski definition) is 1. The standard InChI is InChI=1S/C16H25NO3/c1-11(2)20-15-12(10-13-6-5-9-17-13)7-8-14(18-3)16(15)19-4/h7-8,11,13,17H,5-6,9-10H2,1-4H3. The lowest BCUT2D eigenvalue weighted by atomic mass is 10.0. The highest BCUT2D eigenvalue weighted by Crippen LogP contribution is 2.41. The van der Waals surface area contributed by atoms with Gasteiger partial charge in [-0.2, -0.15) is 0 Å². The van der Waals surface area contributed by atoms with E-state index in [1.54, 1.807) is 14.2 Å². The van der Waals surface area contributed by atoms with Gasteiger partial charge in [-0.1, -0.05) is 6.07 Å². The van der Waals surface area contributed by atoms with Crippen LogP contribution in [0.2, 0.25) is 0 Å². The monoisotopic (exact) mass is 279 g/mol. The van der Waals surface area contributed by atoms with Gasteiger partial charge in [0.25, 0.3) is 0 Å². The van der Waals surface area contributed by atoms with Crippen LogP contribution in [0.3, 0.4) is 0 Å². The van der Waals surface area contributed by atoms with Crippen molar-refractivity contribution in [2.45, 2.75) is 45.3 Å². The molecule has 1 aromatic rings. The molecule has 1 atom stereocenters. The number of benzene rings is 1. The van der Waals surface area contributed by atoms with Crippen molar-refractivity contribution in [3.63, 3.8) is 0 Å². The molecule has 2 rings (SSSR count). The summed E-state index contributed by atoms with van der Waals surface area (Å²) in [7, 11) is 3.30. The van der Waals surface area contributed by atoms with Crippen LogP contribution in [-0.2, 0) is 6.42 Å². The lowest BCUT2D eigenvalue weighted by Gasteiger charge is -2.21. The Kier molecular flexibility index (Phi) is 5.12. The molecule has 20 heavy (non-hydrogen) atoms. The van der Waals surface area contributed by atoms with E-state index in [2.05, 4.69) is 11.4 Å². The Balaban J connectivity index is 2.32. The number of nitrogens with one attached hydrogen (secondary N) is 1. The van der Waals surface area contributed by atoms with Gasteiger partial charge in [-0.15, -0.1) is 0 Å². The van der Waals surface area contributed by atoms with Gasteiger partial charge in [0, 0.05) is 6.04 Å². The molecule has 1 N–H and O–H groups in total. The molecule has 1 aliphatic heterocycles. The predicted octanol–water partition coefficient (Wildman–Crippen LogP) is 2.79. The van der Waals surface area contributed by atoms with E-state index >= 15 is 0 Å². The Morgan fingerprint density at radius 3 is 2.55 bits per heavy atom. The molecule has 1 heterocycles. The highest BCUT2D eigenvalue weighted by Gasteiger charge is 2.21. The van der Waals surface area contributed by atoms with Crippen LogP contribution in [-0.4, -0.2) is 32.9 Å². The lowest BCUT2D eigenvalue weighted by Crippen LogP contribution is -2.24. The van der Waals surface area contributed by atoms with E-state index in [4.69, 9.17) is 14.2 Å². The lowest BCUT2D eigenvalue weighted by molar-refractivity contribution is 0.223. The average Bonchev–Trinajstić information content (AvgIpc) is 2.92. The van der Waals surface area contributed by atoms with Crippen LogP contribution in [0.15, 0.2) is 12.1 Å². The molecule has 4 heteroatoms. The average molecular weight is 279 g/mol. The molecule has 1 aromatic carbocycles. The molecule has 0 amide bonds. The molecule has 4 nitrogen and oxygen atoms in total. The fraction of sp³-hybridized carbons (Fsp3) is 0.625. The fourth-order valence-corrected chi connectivity index (χ4v) is 2.66. The number of methoxy groups -OCH3 is 2. The van der Waals surface area contributed by atoms with Crippen LogP contribution < -0.4 is 19.5 Å². The van der Waals surface area contributed by atoms with E-state index in [0.29, 0.717) is 17.5 Å². The number of rotatable bonds is 6. The highest BCUT2D eigenvalue weighted by molar-refractivity contribution is 5.56. The summed E-state index contributed by atoms with van der Waals surface area (Å²) in [5, 5.41) is 3.52. The molecule has 1 aliphatic rings. The molecule has 0 aromatic heterocycles. The quantitative estimate of drug-likeness (QED) is 0.869. The smallest absolute Gasteiger partial charge is 0.203 e. The molecule has 0 spiro atoms. The first-order chi connectivity index (χ1) is 9.65. The van der Waals surface area contributed by atoms with Crippen LogP contribution >= 0.6 is 0 Å². The normalized spacial score (nSPS) is 18.4. The second-order valence-electron chi connectivity index (χ2n) is 5.45. The van der Waals surface area contributed by atoms with Gasteiger partial charge in [0.1, 0.15) is 0 Å². The molecule has 0 saturated carbocycles. The SMILES string of the molecule is COc1ccc(CC2CCCN2)c(OC(C)C)c1OC. The fourth-order valence-electron chi connectivity index (χ4n) is 2.66. The van der Waals surface area contributed by atoms with Crippen molar-refractivity contribution in [3.8, 4) is 17.2 Å². The zero-order valence-corrected chi connectivity index (χ0v) is 12.9. The first-order valence-electron chi connectivity index (χ1n) is 7.29. The molecular formula is C16H25NO3. The molecule has 1 fully saturated rings. The second kappa shape index (κ2) is 6.84. The molecule has 1 unspecified atom stereocenters. The Labute approximate surface area is 121 Å². The maximum atomic E-state index is 5.99. The summed E-state index contributed by atoms with van der Waals surface area (Å²) in [4.78, 5) is 0. The predicted molar refractivity (Wildman–Crippen MR) is 80.0 cm³/mol. The second-order valence-corrected chi connectivity index (χ2v) is 5.45. The van der Waals surface area contributed by atoms with Gasteiger partial charge in [-0.3, -0.25) is 0 Å². The topological polar surface area (TPSA) is 39.7 Å². The van der Waals surface area contributed by atoms with Crippen molar-refractivity contribution >= 4 is 0 Å². The van der Waals surface area contributed by atoms with E-state index in [9.17, 15) is 0 Å². The van der Waals surface area contributed by atoms with Crippen molar-refractivity contribution in [1.82, 2.24) is 5.32 Å². The van der Waals surface area contributed by atoms with Crippen LogP contribution in [0.25, 0.3) is 0 Å². The Bertz CT molecular complexity index is 440. The Morgan fingerprint density at radius 2 is 2.00 bits per heavy atom. The maximum Gasteiger partial charge on any atom is 0.203 e. The van der Waals surface area contributed by atoms with Crippen molar-refractivity contribution < 1.29 is 14.2 Å². The highest BCUT2D eigenvalue weighted by atomic mass is 16.5. The van der Waals surface area contributed by atoms with E-state index < -0.39 is 0 Å². The van der Waals surface area contributed by atoms with Crippen LogP contribution in [0, 0.1) is 0 Å². The summed E-state index contributed by atoms with van der Waals surface area (Å²) in [6.45, 7) is 5.16. The van der Waals surface area contributed by atoms with Gasteiger partial charge in [-0.25, -0.2) is 0 Å². The molecular weight excluding hydrogens is 254 g/mol. The van der Waals surface area contributed by atoms with E-state index in [0.717, 1.165) is 18.7 Å². The van der Waals surface area contributed by atoms with Gasteiger partial charge in [0.15, 0.2) is 11.5 Å². The minimum atomic E-state index is 0.103. The van der Waals surface area contributed by atoms with Gasteiger partial charge < -0.3 is 19.5 Å². The molecule has 112 valence electrons. The van der Waals surface area contributed by atoms with Crippen molar-refractivity contribution in [2.75, 3.05) is 20.8 Å². The van der Waals surface area contributed by atoms with Crippen LogP contribution in [0.5, 0.6) is 17.2 Å². The zero-order chi connectivity index (χ0) is 14.5. The number of hydrogen-bond acceptors (Lipinski definition) is 4. The molecule has 0 aliphatic carbocycles. The van der Waals surface area contributed by atoms with Gasteiger partial charge >= 0.3 is 0 Å². The third-order valence-electron chi connectivity index (χ3n) is 3.56. The van der Waals surface area contributed by atoms with Crippen molar-refractivity contribution in [3.05, 3.63) is 17.7 Å². The van der Waals surface area contributed by atoms with Crippen molar-refractivity contribution in [1.29, 1.82) is 0 Å². The third-order valence-corrected chi connectivity index (χ3v) is 3.56. The minimum absolute atomic E-state index is 0.103. The molecule has 1 saturated heterocycles. The van der Waals surface area contributed by atoms with Crippen LogP contribution in [0.4, 0.5) is 0 Å². The van der Waals surface area contributed by atoms with Crippen LogP contribution in [0.1, 0.15) is 32.3 Å². The van der Waals surface area contributed by atoms with Gasteiger partial charge in [0.2, 0.25) is 5.75 Å². The molecule has 0 radical (unpaired) electrons. The summed E-state index contributed by atoms with van der Waals surface area (Å²) in [5.74, 6) is 2.22. The van der Waals surface area contributed by atoms with E-state index in [1.807, 2.05) is 19.9 Å². The Morgan fingerprint density at radius 1 is 1.20 bits per heavy atom. The third kappa shape index (κ3) is 3.37. The summed E-state index contributed by atoms with van der Waals surface area (Å²) in [6.07, 6.45) is 3.53.